The second kappa shape index (κ2) is 3.51. The van der Waals surface area contributed by atoms with Gasteiger partial charge in [0.05, 0.1) is 12.2 Å². The van der Waals surface area contributed by atoms with Crippen LogP contribution >= 0.6 is 0 Å². The minimum absolute atomic E-state index is 0.0282. The molecule has 2 heterocycles. The predicted molar refractivity (Wildman–Crippen MR) is 43.0 cm³/mol. The van der Waals surface area contributed by atoms with Gasteiger partial charge in [-0.25, -0.2) is 0 Å². The van der Waals surface area contributed by atoms with Gasteiger partial charge in [-0.1, -0.05) is 5.11 Å². The molecule has 0 aromatic rings. The number of hydrogen-bond acceptors (Lipinski definition) is 4. The summed E-state index contributed by atoms with van der Waals surface area (Å²) < 4.78 is 15.9. The second-order valence-corrected chi connectivity index (χ2v) is 3.10. The number of hydrogen-bond donors (Lipinski definition) is 0. The summed E-state index contributed by atoms with van der Waals surface area (Å²) in [5.41, 5.74) is 8.35. The van der Waals surface area contributed by atoms with E-state index in [1.165, 1.54) is 7.11 Å². The first-order valence-corrected chi connectivity index (χ1v) is 4.21. The molecule has 0 amide bonds. The monoisotopic (exact) mass is 185 g/mol. The largest absolute Gasteiger partial charge is 0.375 e. The van der Waals surface area contributed by atoms with E-state index in [1.807, 2.05) is 0 Å². The molecule has 0 bridgehead atoms. The van der Waals surface area contributed by atoms with Gasteiger partial charge in [0.15, 0.2) is 6.29 Å². The molecular formula is C7H11N3O3. The maximum absolute atomic E-state index is 8.35. The van der Waals surface area contributed by atoms with Crippen LogP contribution in [0, 0.1) is 0 Å². The molecule has 2 aliphatic rings. The Morgan fingerprint density at radius 3 is 3.15 bits per heavy atom. The molecule has 4 unspecified atom stereocenters. The van der Waals surface area contributed by atoms with Crippen molar-refractivity contribution in [3.05, 3.63) is 10.4 Å². The third-order valence-corrected chi connectivity index (χ3v) is 2.42. The average molecular weight is 185 g/mol. The summed E-state index contributed by atoms with van der Waals surface area (Å²) in [5, 5.41) is 3.62. The molecule has 13 heavy (non-hydrogen) atoms. The summed E-state index contributed by atoms with van der Waals surface area (Å²) in [7, 11) is 1.53. The van der Waals surface area contributed by atoms with E-state index in [0.717, 1.165) is 6.42 Å². The molecule has 6 nitrogen and oxygen atoms in total. The molecule has 0 spiro atoms. The molecule has 0 N–H and O–H groups in total. The van der Waals surface area contributed by atoms with Crippen LogP contribution in [0.5, 0.6) is 0 Å². The van der Waals surface area contributed by atoms with E-state index in [4.69, 9.17) is 19.7 Å². The van der Waals surface area contributed by atoms with E-state index in [2.05, 4.69) is 10.0 Å². The van der Waals surface area contributed by atoms with E-state index < -0.39 is 6.29 Å². The Labute approximate surface area is 75.4 Å². The van der Waals surface area contributed by atoms with Crippen molar-refractivity contribution in [2.24, 2.45) is 5.11 Å². The van der Waals surface area contributed by atoms with E-state index in [9.17, 15) is 0 Å². The standard InChI is InChI=1S/C7H11N3O3/c1-11-7-5(9-10-8)6-4(13-7)2-3-12-6/h4-7H,2-3H2,1H3. The van der Waals surface area contributed by atoms with Gasteiger partial charge in [0.25, 0.3) is 0 Å². The highest BCUT2D eigenvalue weighted by Gasteiger charge is 2.47. The molecule has 2 saturated heterocycles. The van der Waals surface area contributed by atoms with E-state index in [-0.39, 0.29) is 18.2 Å². The Balaban J connectivity index is 2.14. The molecular weight excluding hydrogens is 174 g/mol. The molecule has 0 aromatic carbocycles. The maximum atomic E-state index is 8.35. The lowest BCUT2D eigenvalue weighted by Gasteiger charge is -2.14. The molecule has 0 radical (unpaired) electrons. The van der Waals surface area contributed by atoms with E-state index >= 15 is 0 Å². The van der Waals surface area contributed by atoms with Crippen LogP contribution in [0.2, 0.25) is 0 Å². The lowest BCUT2D eigenvalue weighted by Crippen LogP contribution is -2.30. The van der Waals surface area contributed by atoms with Gasteiger partial charge in [-0.15, -0.1) is 0 Å². The van der Waals surface area contributed by atoms with Gasteiger partial charge in [0.1, 0.15) is 6.04 Å². The molecule has 4 atom stereocenters. The normalized spacial score (nSPS) is 42.8. The highest BCUT2D eigenvalue weighted by atomic mass is 16.7. The van der Waals surface area contributed by atoms with Crippen LogP contribution < -0.4 is 0 Å². The molecule has 2 fully saturated rings. The summed E-state index contributed by atoms with van der Waals surface area (Å²) in [4.78, 5) is 2.76. The topological polar surface area (TPSA) is 76.5 Å². The summed E-state index contributed by atoms with van der Waals surface area (Å²) >= 11 is 0. The Bertz CT molecular complexity index is 241. The van der Waals surface area contributed by atoms with Crippen molar-refractivity contribution < 1.29 is 14.2 Å². The maximum Gasteiger partial charge on any atom is 0.168 e. The molecule has 0 aromatic heterocycles. The number of rotatable bonds is 2. The SMILES string of the molecule is COC1OC2CCOC2C1N=[N+]=[N-]. The second-order valence-electron chi connectivity index (χ2n) is 3.10. The lowest BCUT2D eigenvalue weighted by atomic mass is 10.1. The minimum atomic E-state index is -0.453. The van der Waals surface area contributed by atoms with Gasteiger partial charge in [-0.05, 0) is 12.0 Å². The van der Waals surface area contributed by atoms with Gasteiger partial charge in [-0.3, -0.25) is 0 Å². The van der Waals surface area contributed by atoms with Crippen molar-refractivity contribution >= 4 is 0 Å². The van der Waals surface area contributed by atoms with Crippen LogP contribution in [0.1, 0.15) is 6.42 Å². The Morgan fingerprint density at radius 2 is 2.46 bits per heavy atom. The first kappa shape index (κ1) is 8.77. The molecule has 2 aliphatic heterocycles. The highest BCUT2D eigenvalue weighted by molar-refractivity contribution is 4.96. The molecule has 6 heteroatoms. The zero-order valence-corrected chi connectivity index (χ0v) is 7.29. The van der Waals surface area contributed by atoms with E-state index in [1.54, 1.807) is 0 Å². The smallest absolute Gasteiger partial charge is 0.168 e. The fourth-order valence-corrected chi connectivity index (χ4v) is 1.84. The first-order chi connectivity index (χ1) is 6.36. The van der Waals surface area contributed by atoms with Gasteiger partial charge in [0.2, 0.25) is 0 Å². The van der Waals surface area contributed by atoms with Crippen LogP contribution in [0.3, 0.4) is 0 Å². The van der Waals surface area contributed by atoms with Gasteiger partial charge < -0.3 is 14.2 Å². The van der Waals surface area contributed by atoms with Gasteiger partial charge >= 0.3 is 0 Å². The third-order valence-electron chi connectivity index (χ3n) is 2.42. The minimum Gasteiger partial charge on any atom is -0.375 e. The van der Waals surface area contributed by atoms with Crippen LogP contribution in [0.4, 0.5) is 0 Å². The van der Waals surface area contributed by atoms with Crippen molar-refractivity contribution in [1.29, 1.82) is 0 Å². The summed E-state index contributed by atoms with van der Waals surface area (Å²) in [6.07, 6.45) is 0.301. The number of nitrogens with zero attached hydrogens (tertiary/aromatic N) is 3. The van der Waals surface area contributed by atoms with Crippen molar-refractivity contribution in [3.63, 3.8) is 0 Å². The van der Waals surface area contributed by atoms with Crippen LogP contribution in [-0.2, 0) is 14.2 Å². The quantitative estimate of drug-likeness (QED) is 0.363. The molecule has 72 valence electrons. The van der Waals surface area contributed by atoms with Gasteiger partial charge in [-0.2, -0.15) is 0 Å². The van der Waals surface area contributed by atoms with Crippen molar-refractivity contribution in [1.82, 2.24) is 0 Å². The molecule has 0 aliphatic carbocycles. The Morgan fingerprint density at radius 1 is 1.62 bits per heavy atom. The first-order valence-electron chi connectivity index (χ1n) is 4.21. The van der Waals surface area contributed by atoms with Crippen LogP contribution in [0.25, 0.3) is 10.4 Å². The van der Waals surface area contributed by atoms with E-state index in [0.29, 0.717) is 6.61 Å². The fourth-order valence-electron chi connectivity index (χ4n) is 1.84. The Kier molecular flexibility index (Phi) is 2.37. The third kappa shape index (κ3) is 1.38. The summed E-state index contributed by atoms with van der Waals surface area (Å²) in [6.45, 7) is 0.670. The number of methoxy groups -OCH3 is 1. The molecule has 0 saturated carbocycles. The highest BCUT2D eigenvalue weighted by Crippen LogP contribution is 2.33. The summed E-state index contributed by atoms with van der Waals surface area (Å²) in [6, 6.07) is -0.345. The fraction of sp³-hybridized carbons (Fsp3) is 1.00. The summed E-state index contributed by atoms with van der Waals surface area (Å²) in [5.74, 6) is 0. The Hall–Kier alpha value is -0.810. The van der Waals surface area contributed by atoms with Crippen molar-refractivity contribution in [2.45, 2.75) is 31.0 Å². The van der Waals surface area contributed by atoms with Crippen LogP contribution in [0.15, 0.2) is 5.11 Å². The van der Waals surface area contributed by atoms with Crippen molar-refractivity contribution in [2.75, 3.05) is 13.7 Å². The lowest BCUT2D eigenvalue weighted by molar-refractivity contribution is -0.119. The predicted octanol–water partition coefficient (Wildman–Crippen LogP) is 0.825. The van der Waals surface area contributed by atoms with Crippen molar-refractivity contribution in [3.8, 4) is 0 Å². The number of ether oxygens (including phenoxy) is 3. The van der Waals surface area contributed by atoms with Gasteiger partial charge in [0, 0.05) is 18.6 Å². The number of fused-ring (bicyclic) bond motifs is 1. The molecule has 2 rings (SSSR count). The van der Waals surface area contributed by atoms with Crippen LogP contribution in [-0.4, -0.2) is 38.3 Å². The zero-order valence-electron chi connectivity index (χ0n) is 7.29. The zero-order chi connectivity index (χ0) is 9.26. The number of azide groups is 1. The average Bonchev–Trinajstić information content (AvgIpc) is 2.67.